The number of ether oxygens (including phenoxy) is 1. The van der Waals surface area contributed by atoms with E-state index >= 15 is 0 Å². The Kier molecular flexibility index (Phi) is 7.85. The van der Waals surface area contributed by atoms with Crippen LogP contribution in [0.5, 0.6) is 0 Å². The molecule has 1 N–H and O–H groups in total. The molecule has 3 aromatic rings. The molecule has 152 valence electrons. The van der Waals surface area contributed by atoms with Crippen molar-refractivity contribution in [1.29, 1.82) is 0 Å². The number of nitrogens with zero attached hydrogens (tertiary/aromatic N) is 1. The SMILES string of the molecule is CC(OCCCNC(=O)CCc1ncc(-c2ccc(Cl)cc2)o1)c1ccccc1. The molecule has 1 heterocycles. The average molecular weight is 413 g/mol. The predicted molar refractivity (Wildman–Crippen MR) is 114 cm³/mol. The Morgan fingerprint density at radius 2 is 1.93 bits per heavy atom. The molecule has 0 spiro atoms. The molecule has 0 aliphatic carbocycles. The van der Waals surface area contributed by atoms with Crippen LogP contribution in [0, 0.1) is 0 Å². The molecule has 5 nitrogen and oxygen atoms in total. The van der Waals surface area contributed by atoms with Gasteiger partial charge in [-0.25, -0.2) is 4.98 Å². The van der Waals surface area contributed by atoms with Gasteiger partial charge in [0.2, 0.25) is 5.91 Å². The number of halogens is 1. The van der Waals surface area contributed by atoms with Gasteiger partial charge < -0.3 is 14.5 Å². The molecule has 0 radical (unpaired) electrons. The van der Waals surface area contributed by atoms with E-state index in [-0.39, 0.29) is 12.0 Å². The van der Waals surface area contributed by atoms with Crippen molar-refractivity contribution in [3.05, 3.63) is 77.3 Å². The number of amides is 1. The van der Waals surface area contributed by atoms with Crippen molar-refractivity contribution in [2.24, 2.45) is 0 Å². The number of aryl methyl sites for hydroxylation is 1. The highest BCUT2D eigenvalue weighted by atomic mass is 35.5. The summed E-state index contributed by atoms with van der Waals surface area (Å²) in [5.74, 6) is 1.19. The first kappa shape index (κ1) is 21.1. The zero-order chi connectivity index (χ0) is 20.5. The van der Waals surface area contributed by atoms with Gasteiger partial charge in [-0.3, -0.25) is 4.79 Å². The second-order valence-corrected chi connectivity index (χ2v) is 7.19. The van der Waals surface area contributed by atoms with Crippen molar-refractivity contribution in [3.8, 4) is 11.3 Å². The minimum atomic E-state index is -0.0210. The van der Waals surface area contributed by atoms with Crippen molar-refractivity contribution in [2.45, 2.75) is 32.3 Å². The van der Waals surface area contributed by atoms with Crippen LogP contribution in [0.25, 0.3) is 11.3 Å². The summed E-state index contributed by atoms with van der Waals surface area (Å²) in [5, 5.41) is 3.58. The molecule has 3 rings (SSSR count). The first-order chi connectivity index (χ1) is 14.1. The van der Waals surface area contributed by atoms with Gasteiger partial charge in [0.05, 0.1) is 12.3 Å². The normalized spacial score (nSPS) is 11.9. The molecule has 0 aliphatic rings. The molecule has 1 amide bonds. The summed E-state index contributed by atoms with van der Waals surface area (Å²) in [4.78, 5) is 16.3. The second kappa shape index (κ2) is 10.8. The number of rotatable bonds is 10. The second-order valence-electron chi connectivity index (χ2n) is 6.75. The number of nitrogens with one attached hydrogen (secondary N) is 1. The highest BCUT2D eigenvalue weighted by molar-refractivity contribution is 6.30. The third-order valence-electron chi connectivity index (χ3n) is 4.53. The predicted octanol–water partition coefficient (Wildman–Crippen LogP) is 5.21. The highest BCUT2D eigenvalue weighted by Crippen LogP contribution is 2.22. The van der Waals surface area contributed by atoms with Crippen LogP contribution in [0.3, 0.4) is 0 Å². The average Bonchev–Trinajstić information content (AvgIpc) is 3.22. The molecule has 2 aromatic carbocycles. The van der Waals surface area contributed by atoms with E-state index in [1.165, 1.54) is 0 Å². The van der Waals surface area contributed by atoms with Crippen molar-refractivity contribution in [1.82, 2.24) is 10.3 Å². The van der Waals surface area contributed by atoms with Gasteiger partial charge in [0.15, 0.2) is 11.7 Å². The fraction of sp³-hybridized carbons (Fsp3) is 0.304. The first-order valence-electron chi connectivity index (χ1n) is 9.75. The van der Waals surface area contributed by atoms with Crippen LogP contribution in [0.1, 0.15) is 37.3 Å². The molecule has 0 fully saturated rings. The fourth-order valence-corrected chi connectivity index (χ4v) is 2.99. The van der Waals surface area contributed by atoms with Crippen molar-refractivity contribution < 1.29 is 13.9 Å². The standard InChI is InChI=1S/C23H25ClN2O3/c1-17(18-6-3-2-4-7-18)28-15-5-14-25-22(27)12-13-23-26-16-21(29-23)19-8-10-20(24)11-9-19/h2-4,6-11,16-17H,5,12-15H2,1H3,(H,25,27). The summed E-state index contributed by atoms with van der Waals surface area (Å²) in [7, 11) is 0. The van der Waals surface area contributed by atoms with Gasteiger partial charge in [-0.2, -0.15) is 0 Å². The van der Waals surface area contributed by atoms with Crippen molar-refractivity contribution in [3.63, 3.8) is 0 Å². The third-order valence-corrected chi connectivity index (χ3v) is 4.78. The molecule has 1 atom stereocenters. The number of oxazole rings is 1. The lowest BCUT2D eigenvalue weighted by Crippen LogP contribution is -2.25. The number of carbonyl (C=O) groups excluding carboxylic acids is 1. The minimum Gasteiger partial charge on any atom is -0.441 e. The van der Waals surface area contributed by atoms with Gasteiger partial charge in [0.1, 0.15) is 0 Å². The smallest absolute Gasteiger partial charge is 0.220 e. The lowest BCUT2D eigenvalue weighted by Gasteiger charge is -2.13. The minimum absolute atomic E-state index is 0.0210. The van der Waals surface area contributed by atoms with E-state index in [0.29, 0.717) is 42.7 Å². The Hall–Kier alpha value is -2.63. The van der Waals surface area contributed by atoms with E-state index in [1.54, 1.807) is 18.3 Å². The van der Waals surface area contributed by atoms with Crippen LogP contribution < -0.4 is 5.32 Å². The Morgan fingerprint density at radius 3 is 2.69 bits per heavy atom. The lowest BCUT2D eigenvalue weighted by atomic mass is 10.1. The maximum absolute atomic E-state index is 12.0. The zero-order valence-corrected chi connectivity index (χ0v) is 17.2. The fourth-order valence-electron chi connectivity index (χ4n) is 2.86. The molecule has 0 saturated heterocycles. The Bertz CT molecular complexity index is 894. The molecule has 0 aliphatic heterocycles. The van der Waals surface area contributed by atoms with Crippen LogP contribution >= 0.6 is 11.6 Å². The summed E-state index contributed by atoms with van der Waals surface area (Å²) >= 11 is 5.90. The van der Waals surface area contributed by atoms with E-state index in [1.807, 2.05) is 49.4 Å². The van der Waals surface area contributed by atoms with Crippen LogP contribution in [0.2, 0.25) is 5.02 Å². The summed E-state index contributed by atoms with van der Waals surface area (Å²) < 4.78 is 11.5. The van der Waals surface area contributed by atoms with E-state index in [0.717, 1.165) is 17.5 Å². The lowest BCUT2D eigenvalue weighted by molar-refractivity contribution is -0.121. The van der Waals surface area contributed by atoms with Crippen LogP contribution in [0.15, 0.2) is 65.2 Å². The molecule has 1 aromatic heterocycles. The largest absolute Gasteiger partial charge is 0.441 e. The zero-order valence-electron chi connectivity index (χ0n) is 16.4. The Labute approximate surface area is 176 Å². The Balaban J connectivity index is 1.32. The monoisotopic (exact) mass is 412 g/mol. The van der Waals surface area contributed by atoms with Crippen molar-refractivity contribution in [2.75, 3.05) is 13.2 Å². The molecule has 1 unspecified atom stereocenters. The number of hydrogen-bond donors (Lipinski definition) is 1. The molecular weight excluding hydrogens is 388 g/mol. The first-order valence-corrected chi connectivity index (χ1v) is 10.1. The molecule has 29 heavy (non-hydrogen) atoms. The number of aromatic nitrogens is 1. The number of carbonyl (C=O) groups is 1. The Morgan fingerprint density at radius 1 is 1.17 bits per heavy atom. The van der Waals surface area contributed by atoms with Gasteiger partial charge in [0, 0.05) is 36.6 Å². The summed E-state index contributed by atoms with van der Waals surface area (Å²) in [5.41, 5.74) is 2.06. The highest BCUT2D eigenvalue weighted by Gasteiger charge is 2.09. The molecule has 0 saturated carbocycles. The maximum atomic E-state index is 12.0. The van der Waals surface area contributed by atoms with Gasteiger partial charge in [0.25, 0.3) is 0 Å². The van der Waals surface area contributed by atoms with E-state index in [2.05, 4.69) is 10.3 Å². The molecular formula is C23H25ClN2O3. The quantitative estimate of drug-likeness (QED) is 0.464. The number of benzene rings is 2. The van der Waals surface area contributed by atoms with Gasteiger partial charge in [-0.05, 0) is 43.2 Å². The maximum Gasteiger partial charge on any atom is 0.220 e. The summed E-state index contributed by atoms with van der Waals surface area (Å²) in [6.45, 7) is 3.21. The molecule has 6 heteroatoms. The van der Waals surface area contributed by atoms with Crippen LogP contribution in [-0.2, 0) is 16.0 Å². The summed E-state index contributed by atoms with van der Waals surface area (Å²) in [6, 6.07) is 17.4. The van der Waals surface area contributed by atoms with Crippen LogP contribution in [0.4, 0.5) is 0 Å². The van der Waals surface area contributed by atoms with Crippen LogP contribution in [-0.4, -0.2) is 24.0 Å². The van der Waals surface area contributed by atoms with E-state index < -0.39 is 0 Å². The molecule has 0 bridgehead atoms. The van der Waals surface area contributed by atoms with Gasteiger partial charge in [-0.15, -0.1) is 0 Å². The van der Waals surface area contributed by atoms with Gasteiger partial charge in [-0.1, -0.05) is 41.9 Å². The van der Waals surface area contributed by atoms with E-state index in [4.69, 9.17) is 20.8 Å². The van der Waals surface area contributed by atoms with Crippen molar-refractivity contribution >= 4 is 17.5 Å². The topological polar surface area (TPSA) is 64.4 Å². The van der Waals surface area contributed by atoms with Gasteiger partial charge >= 0.3 is 0 Å². The summed E-state index contributed by atoms with van der Waals surface area (Å²) in [6.07, 6.45) is 3.28. The number of hydrogen-bond acceptors (Lipinski definition) is 4. The third kappa shape index (κ3) is 6.73. The van der Waals surface area contributed by atoms with E-state index in [9.17, 15) is 4.79 Å².